The molecule has 4 rings (SSSR count). The molecule has 4 aromatic rings. The number of anilines is 2. The zero-order chi connectivity index (χ0) is 16.5. The summed E-state index contributed by atoms with van der Waals surface area (Å²) in [4.78, 5) is 4.51. The Bertz CT molecular complexity index is 997. The molecule has 0 saturated heterocycles. The second-order valence-corrected chi connectivity index (χ2v) is 6.34. The number of hydrogen-bond donors (Lipinski definition) is 1. The molecule has 2 aromatic carbocycles. The summed E-state index contributed by atoms with van der Waals surface area (Å²) in [5.74, 6) is 1.14. The summed E-state index contributed by atoms with van der Waals surface area (Å²) in [6, 6.07) is 13.2. The first kappa shape index (κ1) is 14.9. The average molecular weight is 359 g/mol. The highest BCUT2D eigenvalue weighted by atomic mass is 35.5. The molecule has 0 spiro atoms. The molecule has 6 nitrogen and oxygen atoms in total. The average Bonchev–Trinajstić information content (AvgIpc) is 3.22. The SMILES string of the molecule is COc1cccc2sc(Nc3nnc(-c4ccc(Cl)cc4)o3)nc12. The van der Waals surface area contributed by atoms with Crippen molar-refractivity contribution in [1.29, 1.82) is 0 Å². The van der Waals surface area contributed by atoms with Crippen LogP contribution in [-0.4, -0.2) is 22.3 Å². The van der Waals surface area contributed by atoms with Gasteiger partial charge in [-0.05, 0) is 36.4 Å². The van der Waals surface area contributed by atoms with Crippen LogP contribution >= 0.6 is 22.9 Å². The van der Waals surface area contributed by atoms with Gasteiger partial charge in [0.1, 0.15) is 11.3 Å². The van der Waals surface area contributed by atoms with E-state index in [1.807, 2.05) is 30.3 Å². The number of nitrogens with zero attached hydrogens (tertiary/aromatic N) is 3. The third-order valence-corrected chi connectivity index (χ3v) is 4.52. The molecule has 0 aliphatic carbocycles. The highest BCUT2D eigenvalue weighted by molar-refractivity contribution is 7.22. The van der Waals surface area contributed by atoms with Crippen molar-refractivity contribution >= 4 is 44.3 Å². The second kappa shape index (κ2) is 6.10. The molecule has 0 aliphatic rings. The molecular formula is C16H11ClN4O2S. The van der Waals surface area contributed by atoms with Gasteiger partial charge in [-0.1, -0.05) is 34.1 Å². The number of halogens is 1. The topological polar surface area (TPSA) is 73.1 Å². The van der Waals surface area contributed by atoms with E-state index in [2.05, 4.69) is 20.5 Å². The number of thiazole rings is 1. The lowest BCUT2D eigenvalue weighted by Crippen LogP contribution is -1.89. The molecule has 0 aliphatic heterocycles. The Morgan fingerprint density at radius 1 is 1.12 bits per heavy atom. The maximum atomic E-state index is 5.88. The number of fused-ring (bicyclic) bond motifs is 1. The largest absolute Gasteiger partial charge is 0.494 e. The number of hydrogen-bond acceptors (Lipinski definition) is 7. The van der Waals surface area contributed by atoms with Gasteiger partial charge in [-0.3, -0.25) is 5.32 Å². The summed E-state index contributed by atoms with van der Waals surface area (Å²) in [5, 5.41) is 12.4. The number of rotatable bonds is 4. The summed E-state index contributed by atoms with van der Waals surface area (Å²) in [6.07, 6.45) is 0. The Morgan fingerprint density at radius 3 is 2.75 bits per heavy atom. The number of benzene rings is 2. The van der Waals surface area contributed by atoms with E-state index in [0.29, 0.717) is 16.0 Å². The maximum Gasteiger partial charge on any atom is 0.322 e. The molecule has 0 bridgehead atoms. The van der Waals surface area contributed by atoms with Crippen LogP contribution in [0, 0.1) is 0 Å². The quantitative estimate of drug-likeness (QED) is 0.567. The fourth-order valence-corrected chi connectivity index (χ4v) is 3.21. The molecule has 120 valence electrons. The van der Waals surface area contributed by atoms with Gasteiger partial charge in [0.15, 0.2) is 5.13 Å². The summed E-state index contributed by atoms with van der Waals surface area (Å²) in [7, 11) is 1.62. The zero-order valence-corrected chi connectivity index (χ0v) is 14.1. The van der Waals surface area contributed by atoms with E-state index < -0.39 is 0 Å². The summed E-state index contributed by atoms with van der Waals surface area (Å²) in [6.45, 7) is 0. The van der Waals surface area contributed by atoms with Crippen molar-refractivity contribution in [3.05, 3.63) is 47.5 Å². The highest BCUT2D eigenvalue weighted by Crippen LogP contribution is 2.33. The van der Waals surface area contributed by atoms with Crippen LogP contribution in [0.2, 0.25) is 5.02 Å². The van der Waals surface area contributed by atoms with E-state index in [-0.39, 0.29) is 6.01 Å². The fraction of sp³-hybridized carbons (Fsp3) is 0.0625. The van der Waals surface area contributed by atoms with Gasteiger partial charge in [0, 0.05) is 10.6 Å². The Kier molecular flexibility index (Phi) is 3.79. The van der Waals surface area contributed by atoms with Gasteiger partial charge < -0.3 is 9.15 Å². The van der Waals surface area contributed by atoms with Gasteiger partial charge in [0.05, 0.1) is 11.8 Å². The monoisotopic (exact) mass is 358 g/mol. The Morgan fingerprint density at radius 2 is 1.96 bits per heavy atom. The molecule has 0 unspecified atom stereocenters. The van der Waals surface area contributed by atoms with Crippen LogP contribution in [0.25, 0.3) is 21.7 Å². The van der Waals surface area contributed by atoms with Crippen molar-refractivity contribution in [3.63, 3.8) is 0 Å². The van der Waals surface area contributed by atoms with Crippen molar-refractivity contribution in [3.8, 4) is 17.2 Å². The predicted molar refractivity (Wildman–Crippen MR) is 94.2 cm³/mol. The lowest BCUT2D eigenvalue weighted by molar-refractivity contribution is 0.419. The van der Waals surface area contributed by atoms with Crippen molar-refractivity contribution in [2.75, 3.05) is 12.4 Å². The van der Waals surface area contributed by atoms with Crippen molar-refractivity contribution < 1.29 is 9.15 Å². The number of para-hydroxylation sites is 1. The Labute approximate surface area is 146 Å². The van der Waals surface area contributed by atoms with Gasteiger partial charge >= 0.3 is 6.01 Å². The Balaban J connectivity index is 1.61. The molecule has 0 atom stereocenters. The third kappa shape index (κ3) is 2.79. The maximum absolute atomic E-state index is 5.88. The van der Waals surface area contributed by atoms with E-state index in [1.54, 1.807) is 19.2 Å². The van der Waals surface area contributed by atoms with Crippen LogP contribution in [0.5, 0.6) is 5.75 Å². The van der Waals surface area contributed by atoms with Crippen LogP contribution in [0.15, 0.2) is 46.9 Å². The standard InChI is InChI=1S/C16H11ClN4O2S/c1-22-11-3-2-4-12-13(11)18-16(24-12)19-15-21-20-14(23-15)9-5-7-10(17)8-6-9/h2-8H,1H3,(H,18,19,21). The van der Waals surface area contributed by atoms with Crippen LogP contribution in [0.3, 0.4) is 0 Å². The van der Waals surface area contributed by atoms with Crippen LogP contribution < -0.4 is 10.1 Å². The normalized spacial score (nSPS) is 10.9. The molecule has 2 aromatic heterocycles. The number of methoxy groups -OCH3 is 1. The molecule has 2 heterocycles. The van der Waals surface area contributed by atoms with Crippen LogP contribution in [0.1, 0.15) is 0 Å². The highest BCUT2D eigenvalue weighted by Gasteiger charge is 2.12. The summed E-state index contributed by atoms with van der Waals surface area (Å²) < 4.78 is 12.0. The second-order valence-electron chi connectivity index (χ2n) is 4.87. The van der Waals surface area contributed by atoms with Crippen LogP contribution in [0.4, 0.5) is 11.1 Å². The molecule has 0 radical (unpaired) electrons. The first-order valence-electron chi connectivity index (χ1n) is 7.03. The third-order valence-electron chi connectivity index (χ3n) is 3.33. The number of aromatic nitrogens is 3. The van der Waals surface area contributed by atoms with Crippen molar-refractivity contribution in [2.24, 2.45) is 0 Å². The summed E-state index contributed by atoms with van der Waals surface area (Å²) in [5.41, 5.74) is 1.59. The van der Waals surface area contributed by atoms with Crippen molar-refractivity contribution in [2.45, 2.75) is 0 Å². The molecule has 1 N–H and O–H groups in total. The minimum absolute atomic E-state index is 0.276. The van der Waals surface area contributed by atoms with E-state index in [9.17, 15) is 0 Å². The molecule has 0 fully saturated rings. The molecule has 24 heavy (non-hydrogen) atoms. The van der Waals surface area contributed by atoms with Gasteiger partial charge in [0.25, 0.3) is 0 Å². The van der Waals surface area contributed by atoms with E-state index in [4.69, 9.17) is 20.8 Å². The smallest absolute Gasteiger partial charge is 0.322 e. The molecule has 0 amide bonds. The molecule has 0 saturated carbocycles. The van der Waals surface area contributed by atoms with Gasteiger partial charge in [-0.2, -0.15) is 0 Å². The first-order chi connectivity index (χ1) is 11.7. The van der Waals surface area contributed by atoms with E-state index in [0.717, 1.165) is 21.5 Å². The van der Waals surface area contributed by atoms with Crippen LogP contribution in [-0.2, 0) is 0 Å². The molecule has 8 heteroatoms. The lowest BCUT2D eigenvalue weighted by atomic mass is 10.2. The number of nitrogens with one attached hydrogen (secondary N) is 1. The summed E-state index contributed by atoms with van der Waals surface area (Å²) >= 11 is 7.36. The van der Waals surface area contributed by atoms with E-state index in [1.165, 1.54) is 11.3 Å². The Hall–Kier alpha value is -2.64. The van der Waals surface area contributed by atoms with Gasteiger partial charge in [-0.25, -0.2) is 4.98 Å². The minimum atomic E-state index is 0.276. The zero-order valence-electron chi connectivity index (χ0n) is 12.5. The van der Waals surface area contributed by atoms with Gasteiger partial charge in [-0.15, -0.1) is 5.10 Å². The lowest BCUT2D eigenvalue weighted by Gasteiger charge is -1.98. The number of ether oxygens (including phenoxy) is 1. The minimum Gasteiger partial charge on any atom is -0.494 e. The molecular weight excluding hydrogens is 348 g/mol. The predicted octanol–water partition coefficient (Wildman–Crippen LogP) is 4.75. The van der Waals surface area contributed by atoms with Crippen molar-refractivity contribution in [1.82, 2.24) is 15.2 Å². The van der Waals surface area contributed by atoms with Gasteiger partial charge in [0.2, 0.25) is 5.89 Å². The fourth-order valence-electron chi connectivity index (χ4n) is 2.22. The first-order valence-corrected chi connectivity index (χ1v) is 8.22. The van der Waals surface area contributed by atoms with E-state index >= 15 is 0 Å².